The van der Waals surface area contributed by atoms with E-state index in [1.807, 2.05) is 6.92 Å². The van der Waals surface area contributed by atoms with Crippen LogP contribution in [-0.4, -0.2) is 22.4 Å². The quantitative estimate of drug-likeness (QED) is 0.710. The van der Waals surface area contributed by atoms with E-state index in [4.69, 9.17) is 4.74 Å². The highest BCUT2D eigenvalue weighted by Gasteiger charge is 2.01. The van der Waals surface area contributed by atoms with E-state index in [1.165, 1.54) is 6.92 Å². The summed E-state index contributed by atoms with van der Waals surface area (Å²) in [5.74, 6) is 0.567. The van der Waals surface area contributed by atoms with Gasteiger partial charge in [0.2, 0.25) is 5.88 Å². The minimum atomic E-state index is 0.0759. The number of Topliss-reactive ketones (excluding diaryl/α,β-unsaturated/α-hetero) is 1. The van der Waals surface area contributed by atoms with E-state index in [0.717, 1.165) is 6.42 Å². The smallest absolute Gasteiger partial charge is 0.232 e. The number of ketones is 1. The molecule has 0 aromatic carbocycles. The average molecular weight is 194 g/mol. The Bertz CT molecular complexity index is 313. The Kier molecular flexibility index (Phi) is 4.04. The van der Waals surface area contributed by atoms with Crippen LogP contribution < -0.4 is 4.74 Å². The lowest BCUT2D eigenvalue weighted by Gasteiger charge is -2.03. The van der Waals surface area contributed by atoms with Crippen LogP contribution in [0.5, 0.6) is 5.88 Å². The summed E-state index contributed by atoms with van der Waals surface area (Å²) in [4.78, 5) is 18.9. The molecule has 0 saturated carbocycles. The Morgan fingerprint density at radius 2 is 2.29 bits per heavy atom. The van der Waals surface area contributed by atoms with Crippen LogP contribution >= 0.6 is 0 Å². The molecule has 0 saturated heterocycles. The number of ether oxygens (including phenoxy) is 1. The van der Waals surface area contributed by atoms with E-state index in [1.54, 1.807) is 12.4 Å². The van der Waals surface area contributed by atoms with E-state index in [9.17, 15) is 4.79 Å². The average Bonchev–Trinajstić information content (AvgIpc) is 2.14. The third-order valence-corrected chi connectivity index (χ3v) is 1.55. The van der Waals surface area contributed by atoms with Gasteiger partial charge in [0.1, 0.15) is 5.78 Å². The highest BCUT2D eigenvalue weighted by Crippen LogP contribution is 2.06. The summed E-state index contributed by atoms with van der Waals surface area (Å²) in [5.41, 5.74) is 0.658. The number of hydrogen-bond donors (Lipinski definition) is 0. The van der Waals surface area contributed by atoms with Crippen LogP contribution in [0, 0.1) is 0 Å². The van der Waals surface area contributed by atoms with Gasteiger partial charge in [-0.3, -0.25) is 9.78 Å². The molecule has 1 aromatic heterocycles. The van der Waals surface area contributed by atoms with E-state index in [-0.39, 0.29) is 5.78 Å². The number of rotatable bonds is 5. The van der Waals surface area contributed by atoms with Gasteiger partial charge >= 0.3 is 0 Å². The van der Waals surface area contributed by atoms with Gasteiger partial charge in [-0.25, -0.2) is 4.98 Å². The van der Waals surface area contributed by atoms with Crippen molar-refractivity contribution in [3.05, 3.63) is 18.1 Å². The van der Waals surface area contributed by atoms with Gasteiger partial charge in [-0.15, -0.1) is 0 Å². The van der Waals surface area contributed by atoms with Gasteiger partial charge in [0, 0.05) is 6.20 Å². The summed E-state index contributed by atoms with van der Waals surface area (Å²) in [7, 11) is 0. The van der Waals surface area contributed by atoms with Gasteiger partial charge in [-0.1, -0.05) is 6.92 Å². The molecule has 0 radical (unpaired) electrons. The predicted octanol–water partition coefficient (Wildman–Crippen LogP) is 1.40. The summed E-state index contributed by atoms with van der Waals surface area (Å²) in [6, 6.07) is 0. The number of carbonyl (C=O) groups excluding carboxylic acids is 1. The molecular weight excluding hydrogens is 180 g/mol. The Balaban J connectivity index is 2.63. The fourth-order valence-corrected chi connectivity index (χ4v) is 1.00. The van der Waals surface area contributed by atoms with Crippen molar-refractivity contribution in [3.8, 4) is 5.88 Å². The second kappa shape index (κ2) is 5.32. The maximum atomic E-state index is 10.8. The SMILES string of the molecule is CCCOc1cncc(CC(C)=O)n1. The van der Waals surface area contributed by atoms with Crippen LogP contribution in [0.25, 0.3) is 0 Å². The van der Waals surface area contributed by atoms with Gasteiger partial charge in [0.05, 0.1) is 24.9 Å². The Labute approximate surface area is 83.3 Å². The largest absolute Gasteiger partial charge is 0.477 e. The van der Waals surface area contributed by atoms with Crippen LogP contribution in [0.2, 0.25) is 0 Å². The topological polar surface area (TPSA) is 52.1 Å². The van der Waals surface area contributed by atoms with Crippen LogP contribution in [-0.2, 0) is 11.2 Å². The maximum Gasteiger partial charge on any atom is 0.232 e. The maximum absolute atomic E-state index is 10.8. The third kappa shape index (κ3) is 3.51. The number of carbonyl (C=O) groups is 1. The molecular formula is C10H14N2O2. The Morgan fingerprint density at radius 1 is 1.50 bits per heavy atom. The summed E-state index contributed by atoms with van der Waals surface area (Å²) in [6.07, 6.45) is 4.38. The zero-order valence-corrected chi connectivity index (χ0v) is 8.49. The van der Waals surface area contributed by atoms with E-state index < -0.39 is 0 Å². The molecule has 0 atom stereocenters. The molecule has 0 aliphatic rings. The molecule has 0 aliphatic heterocycles. The Hall–Kier alpha value is -1.45. The summed E-state index contributed by atoms with van der Waals surface area (Å²) in [6.45, 7) is 4.17. The van der Waals surface area contributed by atoms with Gasteiger partial charge < -0.3 is 4.74 Å². The zero-order valence-electron chi connectivity index (χ0n) is 8.49. The van der Waals surface area contributed by atoms with Crippen molar-refractivity contribution in [1.29, 1.82) is 0 Å². The van der Waals surface area contributed by atoms with Crippen molar-refractivity contribution in [1.82, 2.24) is 9.97 Å². The van der Waals surface area contributed by atoms with Crippen molar-refractivity contribution in [2.24, 2.45) is 0 Å². The van der Waals surface area contributed by atoms with Crippen molar-refractivity contribution in [3.63, 3.8) is 0 Å². The van der Waals surface area contributed by atoms with Gasteiger partial charge in [0.25, 0.3) is 0 Å². The lowest BCUT2D eigenvalue weighted by Crippen LogP contribution is -2.03. The lowest BCUT2D eigenvalue weighted by molar-refractivity contribution is -0.116. The molecule has 4 nitrogen and oxygen atoms in total. The van der Waals surface area contributed by atoms with Crippen molar-refractivity contribution in [2.45, 2.75) is 26.7 Å². The first-order chi connectivity index (χ1) is 6.72. The standard InChI is InChI=1S/C10H14N2O2/c1-3-4-14-10-7-11-6-9(12-10)5-8(2)13/h6-7H,3-5H2,1-2H3. The van der Waals surface area contributed by atoms with Crippen LogP contribution in [0.15, 0.2) is 12.4 Å². The molecule has 0 fully saturated rings. The molecule has 0 amide bonds. The van der Waals surface area contributed by atoms with E-state index >= 15 is 0 Å². The van der Waals surface area contributed by atoms with Crippen LogP contribution in [0.3, 0.4) is 0 Å². The number of hydrogen-bond acceptors (Lipinski definition) is 4. The van der Waals surface area contributed by atoms with Crippen molar-refractivity contribution < 1.29 is 9.53 Å². The fraction of sp³-hybridized carbons (Fsp3) is 0.500. The van der Waals surface area contributed by atoms with E-state index in [0.29, 0.717) is 24.6 Å². The first-order valence-electron chi connectivity index (χ1n) is 4.65. The molecule has 14 heavy (non-hydrogen) atoms. The second-order valence-corrected chi connectivity index (χ2v) is 3.08. The molecule has 0 spiro atoms. The monoisotopic (exact) mass is 194 g/mol. The fourth-order valence-electron chi connectivity index (χ4n) is 1.00. The normalized spacial score (nSPS) is 9.86. The lowest BCUT2D eigenvalue weighted by atomic mass is 10.2. The van der Waals surface area contributed by atoms with E-state index in [2.05, 4.69) is 9.97 Å². The number of nitrogens with zero attached hydrogens (tertiary/aromatic N) is 2. The molecule has 0 N–H and O–H groups in total. The second-order valence-electron chi connectivity index (χ2n) is 3.08. The molecule has 1 rings (SSSR count). The molecule has 76 valence electrons. The molecule has 1 heterocycles. The minimum Gasteiger partial charge on any atom is -0.477 e. The van der Waals surface area contributed by atoms with Gasteiger partial charge in [0.15, 0.2) is 0 Å². The number of aromatic nitrogens is 2. The minimum absolute atomic E-state index is 0.0759. The van der Waals surface area contributed by atoms with Gasteiger partial charge in [-0.05, 0) is 13.3 Å². The van der Waals surface area contributed by atoms with Crippen molar-refractivity contribution >= 4 is 5.78 Å². The van der Waals surface area contributed by atoms with Gasteiger partial charge in [-0.2, -0.15) is 0 Å². The summed E-state index contributed by atoms with van der Waals surface area (Å²) in [5, 5.41) is 0. The molecule has 0 aliphatic carbocycles. The molecule has 4 heteroatoms. The first kappa shape index (κ1) is 10.6. The highest BCUT2D eigenvalue weighted by molar-refractivity contribution is 5.77. The summed E-state index contributed by atoms with van der Waals surface area (Å²) >= 11 is 0. The molecule has 0 bridgehead atoms. The third-order valence-electron chi connectivity index (χ3n) is 1.55. The molecule has 1 aromatic rings. The zero-order chi connectivity index (χ0) is 10.4. The predicted molar refractivity (Wildman–Crippen MR) is 52.2 cm³/mol. The van der Waals surface area contributed by atoms with Crippen molar-refractivity contribution in [2.75, 3.05) is 6.61 Å². The molecule has 0 unspecified atom stereocenters. The highest BCUT2D eigenvalue weighted by atomic mass is 16.5. The Morgan fingerprint density at radius 3 is 2.93 bits per heavy atom. The van der Waals surface area contributed by atoms with Crippen LogP contribution in [0.4, 0.5) is 0 Å². The first-order valence-corrected chi connectivity index (χ1v) is 4.65. The van der Waals surface area contributed by atoms with Crippen LogP contribution in [0.1, 0.15) is 26.0 Å². The summed E-state index contributed by atoms with van der Waals surface area (Å²) < 4.78 is 5.29.